The number of rotatable bonds is 5. The number of benzene rings is 1. The number of aromatic nitrogens is 2. The molecule has 0 amide bonds. The molecule has 0 aliphatic carbocycles. The monoisotopic (exact) mass is 284 g/mol. The Morgan fingerprint density at radius 1 is 1.26 bits per heavy atom. The largest absolute Gasteiger partial charge is 0.338 e. The lowest BCUT2D eigenvalue weighted by Gasteiger charge is -1.99. The van der Waals surface area contributed by atoms with E-state index in [9.17, 15) is 8.78 Å². The maximum Gasteiger partial charge on any atom is 0.237 e. The normalized spacial score (nSPS) is 11.2. The van der Waals surface area contributed by atoms with Gasteiger partial charge in [-0.05, 0) is 24.1 Å². The summed E-state index contributed by atoms with van der Waals surface area (Å²) in [6.45, 7) is 4.15. The van der Waals surface area contributed by atoms with E-state index in [-0.39, 0.29) is 0 Å². The summed E-state index contributed by atoms with van der Waals surface area (Å²) in [6, 6.07) is 3.79. The number of hydrogen-bond acceptors (Lipinski definition) is 4. The van der Waals surface area contributed by atoms with E-state index in [2.05, 4.69) is 24.0 Å². The first-order valence-electron chi connectivity index (χ1n) is 5.94. The fraction of sp³-hybridized carbons (Fsp3) is 0.385. The van der Waals surface area contributed by atoms with Crippen LogP contribution in [-0.2, 0) is 12.2 Å². The molecule has 0 aliphatic heterocycles. The molecule has 0 radical (unpaired) electrons. The van der Waals surface area contributed by atoms with Crippen LogP contribution in [0, 0.1) is 17.6 Å². The summed E-state index contributed by atoms with van der Waals surface area (Å²) in [5, 5.41) is 3.87. The van der Waals surface area contributed by atoms with Gasteiger partial charge in [0.15, 0.2) is 17.5 Å². The number of hydrogen-bond donors (Lipinski definition) is 0. The van der Waals surface area contributed by atoms with Gasteiger partial charge < -0.3 is 4.52 Å². The molecule has 3 nitrogen and oxygen atoms in total. The lowest BCUT2D eigenvalue weighted by molar-refractivity contribution is 0.382. The van der Waals surface area contributed by atoms with E-state index >= 15 is 0 Å². The van der Waals surface area contributed by atoms with Crippen molar-refractivity contribution in [2.45, 2.75) is 30.9 Å². The fourth-order valence-corrected chi connectivity index (χ4v) is 2.27. The van der Waals surface area contributed by atoms with Gasteiger partial charge in [0.2, 0.25) is 5.89 Å². The third-order valence-corrected chi connectivity index (χ3v) is 3.33. The van der Waals surface area contributed by atoms with Crippen molar-refractivity contribution >= 4 is 11.8 Å². The highest BCUT2D eigenvalue weighted by Crippen LogP contribution is 2.23. The minimum atomic E-state index is -0.851. The Labute approximate surface area is 114 Å². The van der Waals surface area contributed by atoms with Crippen LogP contribution < -0.4 is 0 Å². The highest BCUT2D eigenvalue weighted by Gasteiger charge is 2.09. The molecule has 0 saturated heterocycles. The summed E-state index contributed by atoms with van der Waals surface area (Å²) in [7, 11) is 0. The molecule has 2 aromatic rings. The SMILES string of the molecule is CC(C)Cc1noc(CSc2ccc(F)c(F)c2)n1. The van der Waals surface area contributed by atoms with Crippen molar-refractivity contribution in [2.75, 3.05) is 0 Å². The van der Waals surface area contributed by atoms with Crippen LogP contribution in [0.4, 0.5) is 8.78 Å². The molecule has 19 heavy (non-hydrogen) atoms. The second-order valence-electron chi connectivity index (χ2n) is 4.57. The fourth-order valence-electron chi connectivity index (χ4n) is 1.51. The average molecular weight is 284 g/mol. The first-order valence-corrected chi connectivity index (χ1v) is 6.92. The number of thioether (sulfide) groups is 1. The first kappa shape index (κ1) is 14.0. The molecule has 0 atom stereocenters. The summed E-state index contributed by atoms with van der Waals surface area (Å²) >= 11 is 1.33. The molecule has 0 saturated carbocycles. The molecule has 102 valence electrons. The Hall–Kier alpha value is -1.43. The molecular weight excluding hydrogens is 270 g/mol. The van der Waals surface area contributed by atoms with Crippen LogP contribution in [0.25, 0.3) is 0 Å². The average Bonchev–Trinajstić information content (AvgIpc) is 2.77. The maximum atomic E-state index is 13.0. The molecule has 0 bridgehead atoms. The summed E-state index contributed by atoms with van der Waals surface area (Å²) in [5.41, 5.74) is 0. The summed E-state index contributed by atoms with van der Waals surface area (Å²) in [4.78, 5) is 4.87. The Balaban J connectivity index is 1.94. The lowest BCUT2D eigenvalue weighted by Crippen LogP contribution is -1.96. The van der Waals surface area contributed by atoms with Gasteiger partial charge in [0, 0.05) is 11.3 Å². The van der Waals surface area contributed by atoms with Crippen molar-refractivity contribution in [1.82, 2.24) is 10.1 Å². The van der Waals surface area contributed by atoms with Crippen molar-refractivity contribution in [1.29, 1.82) is 0 Å². The molecule has 6 heteroatoms. The zero-order chi connectivity index (χ0) is 13.8. The molecule has 1 aromatic carbocycles. The predicted octanol–water partition coefficient (Wildman–Crippen LogP) is 3.84. The van der Waals surface area contributed by atoms with E-state index in [0.29, 0.717) is 28.3 Å². The van der Waals surface area contributed by atoms with Gasteiger partial charge in [-0.15, -0.1) is 11.8 Å². The molecule has 0 fully saturated rings. The lowest BCUT2D eigenvalue weighted by atomic mass is 10.1. The summed E-state index contributed by atoms with van der Waals surface area (Å²) in [5.74, 6) is 0.374. The second kappa shape index (κ2) is 6.14. The molecule has 0 aliphatic rings. The molecule has 0 unspecified atom stereocenters. The van der Waals surface area contributed by atoms with Gasteiger partial charge >= 0.3 is 0 Å². The van der Waals surface area contributed by atoms with Gasteiger partial charge in [-0.1, -0.05) is 19.0 Å². The maximum absolute atomic E-state index is 13.0. The molecule has 0 N–H and O–H groups in total. The van der Waals surface area contributed by atoms with E-state index in [1.165, 1.54) is 17.8 Å². The Morgan fingerprint density at radius 3 is 2.74 bits per heavy atom. The van der Waals surface area contributed by atoms with E-state index in [0.717, 1.165) is 18.6 Å². The van der Waals surface area contributed by atoms with Gasteiger partial charge in [-0.3, -0.25) is 0 Å². The molecular formula is C13H14F2N2OS. The zero-order valence-electron chi connectivity index (χ0n) is 10.7. The smallest absolute Gasteiger partial charge is 0.237 e. The van der Waals surface area contributed by atoms with Crippen molar-refractivity contribution in [2.24, 2.45) is 5.92 Å². The minimum absolute atomic E-state index is 0.441. The van der Waals surface area contributed by atoms with Gasteiger partial charge in [0.05, 0.1) is 5.75 Å². The van der Waals surface area contributed by atoms with Crippen LogP contribution in [0.5, 0.6) is 0 Å². The third-order valence-electron chi connectivity index (χ3n) is 2.35. The van der Waals surface area contributed by atoms with E-state index in [1.807, 2.05) is 0 Å². The molecule has 1 heterocycles. The Kier molecular flexibility index (Phi) is 4.52. The van der Waals surface area contributed by atoms with Crippen molar-refractivity contribution in [3.63, 3.8) is 0 Å². The van der Waals surface area contributed by atoms with Crippen molar-refractivity contribution < 1.29 is 13.3 Å². The Morgan fingerprint density at radius 2 is 2.05 bits per heavy atom. The highest BCUT2D eigenvalue weighted by molar-refractivity contribution is 7.98. The molecule has 1 aromatic heterocycles. The van der Waals surface area contributed by atoms with Crippen LogP contribution in [0.15, 0.2) is 27.6 Å². The standard InChI is InChI=1S/C13H14F2N2OS/c1-8(2)5-12-16-13(18-17-12)7-19-9-3-4-10(14)11(15)6-9/h3-4,6,8H,5,7H2,1-2H3. The van der Waals surface area contributed by atoms with Gasteiger partial charge in [0.25, 0.3) is 0 Å². The van der Waals surface area contributed by atoms with Crippen LogP contribution in [0.2, 0.25) is 0 Å². The first-order chi connectivity index (χ1) is 9.04. The van der Waals surface area contributed by atoms with E-state index in [1.54, 1.807) is 0 Å². The van der Waals surface area contributed by atoms with Gasteiger partial charge in [-0.25, -0.2) is 8.78 Å². The van der Waals surface area contributed by atoms with E-state index in [4.69, 9.17) is 4.52 Å². The molecule has 2 rings (SSSR count). The second-order valence-corrected chi connectivity index (χ2v) is 5.62. The zero-order valence-corrected chi connectivity index (χ0v) is 11.5. The third kappa shape index (κ3) is 4.02. The highest BCUT2D eigenvalue weighted by atomic mass is 32.2. The van der Waals surface area contributed by atoms with Gasteiger partial charge in [0.1, 0.15) is 0 Å². The van der Waals surface area contributed by atoms with Crippen LogP contribution in [0.3, 0.4) is 0 Å². The number of halogens is 2. The number of nitrogens with zero attached hydrogens (tertiary/aromatic N) is 2. The van der Waals surface area contributed by atoms with Crippen LogP contribution in [-0.4, -0.2) is 10.1 Å². The predicted molar refractivity (Wildman–Crippen MR) is 68.8 cm³/mol. The summed E-state index contributed by atoms with van der Waals surface area (Å²) < 4.78 is 30.9. The van der Waals surface area contributed by atoms with Crippen LogP contribution >= 0.6 is 11.8 Å². The van der Waals surface area contributed by atoms with Crippen molar-refractivity contribution in [3.8, 4) is 0 Å². The minimum Gasteiger partial charge on any atom is -0.338 e. The summed E-state index contributed by atoms with van der Waals surface area (Å²) in [6.07, 6.45) is 0.763. The van der Waals surface area contributed by atoms with E-state index < -0.39 is 11.6 Å². The quantitative estimate of drug-likeness (QED) is 0.782. The topological polar surface area (TPSA) is 38.9 Å². The van der Waals surface area contributed by atoms with Gasteiger partial charge in [-0.2, -0.15) is 4.98 Å². The van der Waals surface area contributed by atoms with Crippen LogP contribution in [0.1, 0.15) is 25.6 Å². The van der Waals surface area contributed by atoms with Crippen molar-refractivity contribution in [3.05, 3.63) is 41.5 Å². The molecule has 0 spiro atoms. The Bertz CT molecular complexity index is 557.